The Labute approximate surface area is 74.2 Å². The Bertz CT molecular complexity index is 105. The number of aliphatic carboxylic acids is 1. The van der Waals surface area contributed by atoms with E-state index in [1.807, 2.05) is 20.8 Å². The molecular weight excluding hydrogens is 123 g/mol. The summed E-state index contributed by atoms with van der Waals surface area (Å²) in [5.41, 5.74) is 0.151. The average Bonchev–Trinajstić information content (AvgIpc) is 1.59. The van der Waals surface area contributed by atoms with Crippen LogP contribution in [0.25, 0.3) is 0 Å². The number of hydrogen-bond acceptors (Lipinski definition) is 1. The Balaban J connectivity index is 0. The molecule has 0 aliphatic carbocycles. The molecule has 0 unspecified atom stereocenters. The van der Waals surface area contributed by atoms with E-state index in [0.717, 1.165) is 6.42 Å². The number of carbonyl (C=O) groups is 1. The molecule has 2 nitrogen and oxygen atoms in total. The van der Waals surface area contributed by atoms with Crippen LogP contribution in [0.4, 0.5) is 0 Å². The van der Waals surface area contributed by atoms with E-state index in [1.165, 1.54) is 0 Å². The molecule has 0 rings (SSSR count). The van der Waals surface area contributed by atoms with Gasteiger partial charge in [0.05, 0.1) is 0 Å². The Hall–Kier alpha value is 0.0674. The van der Waals surface area contributed by atoms with Gasteiger partial charge in [0.15, 0.2) is 0 Å². The van der Waals surface area contributed by atoms with Gasteiger partial charge >= 0.3 is 24.8 Å². The van der Waals surface area contributed by atoms with Crippen molar-refractivity contribution >= 4 is 24.8 Å². The molecule has 0 fully saturated rings. The first-order valence-electron chi connectivity index (χ1n) is 3.13. The van der Waals surface area contributed by atoms with Gasteiger partial charge in [-0.1, -0.05) is 20.8 Å². The third-order valence-electron chi connectivity index (χ3n) is 1.09. The van der Waals surface area contributed by atoms with Crippen molar-refractivity contribution in [2.75, 3.05) is 0 Å². The van der Waals surface area contributed by atoms with Crippen LogP contribution in [0, 0.1) is 5.41 Å². The summed E-state index contributed by atoms with van der Waals surface area (Å²) in [6.07, 6.45) is 1.03. The topological polar surface area (TPSA) is 37.3 Å². The first kappa shape index (κ1) is 12.7. The molecule has 56 valence electrons. The van der Waals surface area contributed by atoms with Gasteiger partial charge in [0.2, 0.25) is 0 Å². The van der Waals surface area contributed by atoms with Crippen molar-refractivity contribution in [2.24, 2.45) is 5.41 Å². The molecule has 0 atom stereocenters. The molecule has 0 spiro atoms. The van der Waals surface area contributed by atoms with Gasteiger partial charge in [-0.3, -0.25) is 4.79 Å². The molecule has 0 aromatic carbocycles. The van der Waals surface area contributed by atoms with E-state index in [2.05, 4.69) is 0 Å². The van der Waals surface area contributed by atoms with Crippen LogP contribution >= 0.6 is 0 Å². The van der Waals surface area contributed by atoms with Gasteiger partial charge in [0.25, 0.3) is 0 Å². The molecule has 0 aromatic heterocycles. The molecule has 0 saturated heterocycles. The maximum absolute atomic E-state index is 10.0. The fraction of sp³-hybridized carbons (Fsp3) is 0.857. The van der Waals surface area contributed by atoms with Crippen molar-refractivity contribution in [1.29, 1.82) is 0 Å². The Kier molecular flexibility index (Phi) is 6.13. The van der Waals surface area contributed by atoms with Gasteiger partial charge in [-0.15, -0.1) is 0 Å². The molecule has 0 aliphatic rings. The van der Waals surface area contributed by atoms with Crippen LogP contribution < -0.4 is 0 Å². The standard InChI is InChI=1S/C7H14O2.Li.H/c1-7(2,3)5-4-6(8)9;;/h4-5H2,1-3H3,(H,8,9);;. The van der Waals surface area contributed by atoms with Crippen molar-refractivity contribution in [3.8, 4) is 0 Å². The molecule has 1 N–H and O–H groups in total. The van der Waals surface area contributed by atoms with Crippen LogP contribution in [-0.2, 0) is 4.79 Å². The van der Waals surface area contributed by atoms with Crippen molar-refractivity contribution in [3.05, 3.63) is 0 Å². The second-order valence-electron chi connectivity index (χ2n) is 3.45. The zero-order chi connectivity index (χ0) is 7.49. The van der Waals surface area contributed by atoms with Crippen molar-refractivity contribution in [3.63, 3.8) is 0 Å². The minimum absolute atomic E-state index is 0. The predicted molar refractivity (Wildman–Crippen MR) is 43.5 cm³/mol. The number of carboxylic acid groups (broad SMARTS) is 1. The summed E-state index contributed by atoms with van der Waals surface area (Å²) in [6.45, 7) is 6.11. The third kappa shape index (κ3) is 10.9. The van der Waals surface area contributed by atoms with Crippen LogP contribution in [-0.4, -0.2) is 29.9 Å². The predicted octanol–water partition coefficient (Wildman–Crippen LogP) is 1.25. The Morgan fingerprint density at radius 1 is 1.40 bits per heavy atom. The summed E-state index contributed by atoms with van der Waals surface area (Å²) in [4.78, 5) is 10.0. The molecule has 0 aromatic rings. The molecule has 0 aliphatic heterocycles. The van der Waals surface area contributed by atoms with Crippen LogP contribution in [0.1, 0.15) is 33.6 Å². The summed E-state index contributed by atoms with van der Waals surface area (Å²) < 4.78 is 0. The summed E-state index contributed by atoms with van der Waals surface area (Å²) in [7, 11) is 0. The van der Waals surface area contributed by atoms with Gasteiger partial charge in [-0.05, 0) is 11.8 Å². The van der Waals surface area contributed by atoms with E-state index < -0.39 is 5.97 Å². The number of carboxylic acids is 1. The first-order valence-corrected chi connectivity index (χ1v) is 3.13. The van der Waals surface area contributed by atoms with Gasteiger partial charge in [-0.25, -0.2) is 0 Å². The van der Waals surface area contributed by atoms with Gasteiger partial charge < -0.3 is 5.11 Å². The summed E-state index contributed by atoms with van der Waals surface area (Å²) in [6, 6.07) is 0. The molecule has 0 saturated carbocycles. The van der Waals surface area contributed by atoms with Gasteiger partial charge in [-0.2, -0.15) is 0 Å². The van der Waals surface area contributed by atoms with Crippen LogP contribution in [0.2, 0.25) is 0 Å². The minimum atomic E-state index is -0.704. The van der Waals surface area contributed by atoms with E-state index in [-0.39, 0.29) is 30.7 Å². The quantitative estimate of drug-likeness (QED) is 0.583. The van der Waals surface area contributed by atoms with E-state index in [0.29, 0.717) is 0 Å². The second-order valence-corrected chi connectivity index (χ2v) is 3.45. The average molecular weight is 138 g/mol. The van der Waals surface area contributed by atoms with E-state index >= 15 is 0 Å². The van der Waals surface area contributed by atoms with Crippen LogP contribution in [0.3, 0.4) is 0 Å². The normalized spacial score (nSPS) is 10.3. The fourth-order valence-electron chi connectivity index (χ4n) is 0.482. The number of hydrogen-bond donors (Lipinski definition) is 1. The molecule has 3 heteroatoms. The molecule has 0 radical (unpaired) electrons. The summed E-state index contributed by atoms with van der Waals surface area (Å²) in [5.74, 6) is -0.704. The summed E-state index contributed by atoms with van der Waals surface area (Å²) >= 11 is 0. The monoisotopic (exact) mass is 138 g/mol. The maximum atomic E-state index is 10.0. The molecule has 10 heavy (non-hydrogen) atoms. The van der Waals surface area contributed by atoms with Crippen molar-refractivity contribution in [2.45, 2.75) is 33.6 Å². The second kappa shape index (κ2) is 4.82. The zero-order valence-corrected chi connectivity index (χ0v) is 6.27. The van der Waals surface area contributed by atoms with E-state index in [4.69, 9.17) is 5.11 Å². The van der Waals surface area contributed by atoms with Crippen molar-refractivity contribution < 1.29 is 9.90 Å². The molecule has 0 bridgehead atoms. The van der Waals surface area contributed by atoms with E-state index in [1.54, 1.807) is 0 Å². The van der Waals surface area contributed by atoms with Crippen molar-refractivity contribution in [1.82, 2.24) is 0 Å². The SMILES string of the molecule is CC(C)(C)CCC(=O)O.[LiH]. The number of rotatable bonds is 2. The Morgan fingerprint density at radius 2 is 1.80 bits per heavy atom. The van der Waals surface area contributed by atoms with Crippen LogP contribution in [0.5, 0.6) is 0 Å². The van der Waals surface area contributed by atoms with Crippen LogP contribution in [0.15, 0.2) is 0 Å². The third-order valence-corrected chi connectivity index (χ3v) is 1.09. The zero-order valence-electron chi connectivity index (χ0n) is 6.27. The van der Waals surface area contributed by atoms with E-state index in [9.17, 15) is 4.79 Å². The van der Waals surface area contributed by atoms with Gasteiger partial charge in [0.1, 0.15) is 0 Å². The molecule has 0 heterocycles. The fourth-order valence-corrected chi connectivity index (χ4v) is 0.482. The molecular formula is C7H15LiO2. The Morgan fingerprint density at radius 3 is 1.90 bits per heavy atom. The first-order chi connectivity index (χ1) is 3.92. The summed E-state index contributed by atoms with van der Waals surface area (Å²) in [5, 5.41) is 8.28. The molecule has 0 amide bonds. The van der Waals surface area contributed by atoms with Gasteiger partial charge in [0, 0.05) is 6.42 Å².